The van der Waals surface area contributed by atoms with Gasteiger partial charge in [-0.15, -0.1) is 11.8 Å². The fourth-order valence-electron chi connectivity index (χ4n) is 2.33. The van der Waals surface area contributed by atoms with Crippen LogP contribution in [0.5, 0.6) is 5.75 Å². The van der Waals surface area contributed by atoms with Crippen LogP contribution in [-0.4, -0.2) is 12.4 Å². The monoisotopic (exact) mass is 380 g/mol. The Bertz CT molecular complexity index is 721. The lowest BCUT2D eigenvalue weighted by Gasteiger charge is -2.09. The predicted octanol–water partition coefficient (Wildman–Crippen LogP) is 7.00. The first-order valence-electron chi connectivity index (χ1n) is 8.60. The van der Waals surface area contributed by atoms with E-state index in [0.29, 0.717) is 0 Å². The van der Waals surface area contributed by atoms with Gasteiger partial charge in [0.2, 0.25) is 0 Å². The molecular weight excluding hydrogens is 357 g/mol. The molecule has 0 heterocycles. The standard InChI is InChI=1S/C21H23F3OS/c1-3-13-25-20-12-11-19(15-16(20)2)26-14-5-4-6-17-7-9-18(10-8-17)21(22,23)24/h4,6-12,15H,3,5,13-14H2,1-2H3. The molecule has 0 bridgehead atoms. The molecule has 0 atom stereocenters. The minimum Gasteiger partial charge on any atom is -0.493 e. The number of hydrogen-bond acceptors (Lipinski definition) is 2. The van der Waals surface area contributed by atoms with Crippen molar-refractivity contribution in [1.82, 2.24) is 0 Å². The summed E-state index contributed by atoms with van der Waals surface area (Å²) in [7, 11) is 0. The molecule has 2 aromatic rings. The lowest BCUT2D eigenvalue weighted by Crippen LogP contribution is -2.03. The van der Waals surface area contributed by atoms with Crippen LogP contribution in [0.25, 0.3) is 6.08 Å². The van der Waals surface area contributed by atoms with Gasteiger partial charge in [-0.2, -0.15) is 13.2 Å². The summed E-state index contributed by atoms with van der Waals surface area (Å²) in [6, 6.07) is 11.4. The Hall–Kier alpha value is -1.88. The Labute approximate surface area is 157 Å². The van der Waals surface area contributed by atoms with Gasteiger partial charge < -0.3 is 4.74 Å². The summed E-state index contributed by atoms with van der Waals surface area (Å²) in [5.74, 6) is 1.84. The topological polar surface area (TPSA) is 9.23 Å². The van der Waals surface area contributed by atoms with E-state index in [1.165, 1.54) is 17.0 Å². The number of alkyl halides is 3. The number of thioether (sulfide) groups is 1. The van der Waals surface area contributed by atoms with Crippen molar-refractivity contribution in [3.63, 3.8) is 0 Å². The molecule has 0 fully saturated rings. The Morgan fingerprint density at radius 3 is 2.42 bits per heavy atom. The van der Waals surface area contributed by atoms with Crippen molar-refractivity contribution in [2.45, 2.75) is 37.8 Å². The van der Waals surface area contributed by atoms with E-state index < -0.39 is 11.7 Å². The Morgan fingerprint density at radius 2 is 1.81 bits per heavy atom. The smallest absolute Gasteiger partial charge is 0.416 e. The zero-order valence-electron chi connectivity index (χ0n) is 15.0. The Kier molecular flexibility index (Phi) is 7.64. The second-order valence-electron chi connectivity index (χ2n) is 5.94. The number of aryl methyl sites for hydroxylation is 1. The van der Waals surface area contributed by atoms with E-state index in [2.05, 4.69) is 19.1 Å². The fraction of sp³-hybridized carbons (Fsp3) is 0.333. The molecule has 140 valence electrons. The average Bonchev–Trinajstić information content (AvgIpc) is 2.60. The summed E-state index contributed by atoms with van der Waals surface area (Å²) < 4.78 is 43.2. The van der Waals surface area contributed by atoms with Crippen LogP contribution >= 0.6 is 11.8 Å². The minimum atomic E-state index is -4.28. The van der Waals surface area contributed by atoms with Crippen LogP contribution in [-0.2, 0) is 6.18 Å². The third-order valence-corrected chi connectivity index (χ3v) is 4.74. The van der Waals surface area contributed by atoms with E-state index >= 15 is 0 Å². The van der Waals surface area contributed by atoms with Gasteiger partial charge in [-0.25, -0.2) is 0 Å². The quantitative estimate of drug-likeness (QED) is 0.360. The summed E-state index contributed by atoms with van der Waals surface area (Å²) in [5, 5.41) is 0. The van der Waals surface area contributed by atoms with Gasteiger partial charge in [0.05, 0.1) is 12.2 Å². The first-order chi connectivity index (χ1) is 12.4. The molecule has 1 nitrogen and oxygen atoms in total. The molecule has 0 aliphatic rings. The van der Waals surface area contributed by atoms with Gasteiger partial charge in [-0.1, -0.05) is 31.2 Å². The second kappa shape index (κ2) is 9.72. The number of benzene rings is 2. The zero-order chi connectivity index (χ0) is 19.0. The van der Waals surface area contributed by atoms with Gasteiger partial charge in [0.15, 0.2) is 0 Å². The highest BCUT2D eigenvalue weighted by Crippen LogP contribution is 2.29. The number of hydrogen-bond donors (Lipinski definition) is 0. The fourth-order valence-corrected chi connectivity index (χ4v) is 3.25. The Morgan fingerprint density at radius 1 is 1.08 bits per heavy atom. The van der Waals surface area contributed by atoms with Gasteiger partial charge in [-0.3, -0.25) is 0 Å². The van der Waals surface area contributed by atoms with Crippen LogP contribution in [0, 0.1) is 6.92 Å². The molecule has 0 spiro atoms. The average molecular weight is 380 g/mol. The molecule has 5 heteroatoms. The largest absolute Gasteiger partial charge is 0.493 e. The van der Waals surface area contributed by atoms with Crippen molar-refractivity contribution in [3.8, 4) is 5.75 Å². The van der Waals surface area contributed by atoms with Crippen molar-refractivity contribution >= 4 is 17.8 Å². The molecule has 2 rings (SSSR count). The molecule has 26 heavy (non-hydrogen) atoms. The maximum absolute atomic E-state index is 12.5. The third kappa shape index (κ3) is 6.45. The normalized spacial score (nSPS) is 11.9. The first kappa shape index (κ1) is 20.4. The molecule has 0 saturated carbocycles. The van der Waals surface area contributed by atoms with E-state index in [4.69, 9.17) is 4.74 Å². The number of rotatable bonds is 8. The lowest BCUT2D eigenvalue weighted by atomic mass is 10.1. The molecule has 0 amide bonds. The maximum atomic E-state index is 12.5. The highest BCUT2D eigenvalue weighted by molar-refractivity contribution is 7.99. The lowest BCUT2D eigenvalue weighted by molar-refractivity contribution is -0.137. The third-order valence-electron chi connectivity index (χ3n) is 3.71. The van der Waals surface area contributed by atoms with E-state index in [1.807, 2.05) is 25.1 Å². The maximum Gasteiger partial charge on any atom is 0.416 e. The molecule has 0 radical (unpaired) electrons. The van der Waals surface area contributed by atoms with Crippen molar-refractivity contribution < 1.29 is 17.9 Å². The van der Waals surface area contributed by atoms with Crippen LogP contribution in [0.4, 0.5) is 13.2 Å². The number of ether oxygens (including phenoxy) is 1. The van der Waals surface area contributed by atoms with Gasteiger partial charge >= 0.3 is 6.18 Å². The highest BCUT2D eigenvalue weighted by Gasteiger charge is 2.29. The summed E-state index contributed by atoms with van der Waals surface area (Å²) in [5.41, 5.74) is 1.28. The van der Waals surface area contributed by atoms with E-state index in [-0.39, 0.29) is 0 Å². The van der Waals surface area contributed by atoms with Crippen LogP contribution in [0.15, 0.2) is 53.4 Å². The van der Waals surface area contributed by atoms with E-state index in [1.54, 1.807) is 11.8 Å². The predicted molar refractivity (Wildman–Crippen MR) is 103 cm³/mol. The minimum absolute atomic E-state index is 0.619. The van der Waals surface area contributed by atoms with Gasteiger partial charge in [0.25, 0.3) is 0 Å². The zero-order valence-corrected chi connectivity index (χ0v) is 15.8. The van der Waals surface area contributed by atoms with Crippen LogP contribution in [0.1, 0.15) is 36.5 Å². The Balaban J connectivity index is 1.79. The van der Waals surface area contributed by atoms with Gasteiger partial charge in [0.1, 0.15) is 5.75 Å². The van der Waals surface area contributed by atoms with Crippen molar-refractivity contribution in [2.24, 2.45) is 0 Å². The van der Waals surface area contributed by atoms with Crippen molar-refractivity contribution in [1.29, 1.82) is 0 Å². The second-order valence-corrected chi connectivity index (χ2v) is 7.10. The molecule has 0 aliphatic carbocycles. The van der Waals surface area contributed by atoms with Gasteiger partial charge in [-0.05, 0) is 61.2 Å². The number of halogens is 3. The number of allylic oxidation sites excluding steroid dienone is 1. The summed E-state index contributed by atoms with van der Waals surface area (Å²) in [6.07, 6.45) is 1.39. The molecule has 0 aromatic heterocycles. The van der Waals surface area contributed by atoms with Crippen molar-refractivity contribution in [2.75, 3.05) is 12.4 Å². The summed E-state index contributed by atoms with van der Waals surface area (Å²) >= 11 is 1.75. The molecule has 2 aromatic carbocycles. The molecule has 0 aliphatic heterocycles. The highest BCUT2D eigenvalue weighted by atomic mass is 32.2. The SMILES string of the molecule is CCCOc1ccc(SCCC=Cc2ccc(C(F)(F)F)cc2)cc1C. The van der Waals surface area contributed by atoms with E-state index in [9.17, 15) is 13.2 Å². The van der Waals surface area contributed by atoms with Gasteiger partial charge in [0, 0.05) is 10.6 Å². The van der Waals surface area contributed by atoms with Crippen LogP contribution in [0.3, 0.4) is 0 Å². The van der Waals surface area contributed by atoms with Crippen LogP contribution < -0.4 is 4.74 Å². The summed E-state index contributed by atoms with van der Waals surface area (Å²) in [4.78, 5) is 1.19. The van der Waals surface area contributed by atoms with Crippen molar-refractivity contribution in [3.05, 3.63) is 65.2 Å². The molecule has 0 unspecified atom stereocenters. The van der Waals surface area contributed by atoms with Crippen LogP contribution in [0.2, 0.25) is 0 Å². The summed E-state index contributed by atoms with van der Waals surface area (Å²) in [6.45, 7) is 4.85. The molecular formula is C21H23F3OS. The first-order valence-corrected chi connectivity index (χ1v) is 9.58. The molecule has 0 N–H and O–H groups in total. The molecule has 0 saturated heterocycles. The van der Waals surface area contributed by atoms with E-state index in [0.717, 1.165) is 54.2 Å².